The van der Waals surface area contributed by atoms with E-state index in [9.17, 15) is 5.11 Å². The van der Waals surface area contributed by atoms with Crippen LogP contribution in [0.3, 0.4) is 0 Å². The zero-order valence-electron chi connectivity index (χ0n) is 12.8. The Balaban J connectivity index is 1.79. The molecule has 3 aromatic rings. The molecule has 3 rings (SSSR count). The van der Waals surface area contributed by atoms with Gasteiger partial charge in [0.25, 0.3) is 0 Å². The van der Waals surface area contributed by atoms with Crippen LogP contribution < -0.4 is 0 Å². The summed E-state index contributed by atoms with van der Waals surface area (Å²) in [7, 11) is 2.10. The summed E-state index contributed by atoms with van der Waals surface area (Å²) >= 11 is 0. The van der Waals surface area contributed by atoms with E-state index in [-0.39, 0.29) is 11.8 Å². The average molecular weight is 293 g/mol. The third-order valence-electron chi connectivity index (χ3n) is 3.98. The third-order valence-corrected chi connectivity index (χ3v) is 3.98. The van der Waals surface area contributed by atoms with Crippen LogP contribution in [-0.2, 0) is 6.54 Å². The Kier molecular flexibility index (Phi) is 4.02. The molecule has 0 aliphatic carbocycles. The number of phenols is 1. The van der Waals surface area contributed by atoms with Crippen molar-refractivity contribution in [3.05, 3.63) is 66.1 Å². The van der Waals surface area contributed by atoms with Crippen LogP contribution >= 0.6 is 0 Å². The maximum absolute atomic E-state index is 9.49. The minimum atomic E-state index is 0.245. The molecule has 2 aromatic heterocycles. The lowest BCUT2D eigenvalue weighted by molar-refractivity contribution is 0.252. The second-order valence-electron chi connectivity index (χ2n) is 5.60. The molecule has 4 heteroatoms. The molecule has 0 amide bonds. The number of benzene rings is 1. The molecule has 0 spiro atoms. The Labute approximate surface area is 130 Å². The summed E-state index contributed by atoms with van der Waals surface area (Å²) in [4.78, 5) is 10.9. The van der Waals surface area contributed by atoms with Gasteiger partial charge in [-0.05, 0) is 49.4 Å². The zero-order chi connectivity index (χ0) is 15.5. The lowest BCUT2D eigenvalue weighted by atomic mass is 10.1. The Morgan fingerprint density at radius 1 is 1.18 bits per heavy atom. The first-order valence-corrected chi connectivity index (χ1v) is 7.31. The average Bonchev–Trinajstić information content (AvgIpc) is 2.55. The molecule has 0 saturated carbocycles. The molecule has 0 unspecified atom stereocenters. The molecule has 0 aliphatic rings. The van der Waals surface area contributed by atoms with Crippen molar-refractivity contribution in [2.75, 3.05) is 7.05 Å². The highest BCUT2D eigenvalue weighted by Crippen LogP contribution is 2.22. The first-order valence-electron chi connectivity index (χ1n) is 7.31. The molecule has 0 bridgehead atoms. The van der Waals surface area contributed by atoms with E-state index in [1.807, 2.05) is 24.5 Å². The highest BCUT2D eigenvalue weighted by molar-refractivity contribution is 5.80. The summed E-state index contributed by atoms with van der Waals surface area (Å²) in [5.74, 6) is 0.245. The van der Waals surface area contributed by atoms with Gasteiger partial charge in [-0.2, -0.15) is 0 Å². The number of pyridine rings is 2. The fraction of sp³-hybridized carbons (Fsp3) is 0.222. The van der Waals surface area contributed by atoms with E-state index in [0.29, 0.717) is 0 Å². The Morgan fingerprint density at radius 3 is 2.82 bits per heavy atom. The summed E-state index contributed by atoms with van der Waals surface area (Å²) in [5.41, 5.74) is 3.16. The number of hydrogen-bond acceptors (Lipinski definition) is 4. The van der Waals surface area contributed by atoms with Gasteiger partial charge >= 0.3 is 0 Å². The SMILES string of the molecule is C[C@@H](c1cccnc1)N(C)Cc1cnc2cc(O)ccc2c1. The van der Waals surface area contributed by atoms with Crippen molar-refractivity contribution in [2.45, 2.75) is 19.5 Å². The lowest BCUT2D eigenvalue weighted by Gasteiger charge is -2.24. The van der Waals surface area contributed by atoms with Gasteiger partial charge in [0, 0.05) is 42.6 Å². The van der Waals surface area contributed by atoms with E-state index < -0.39 is 0 Å². The van der Waals surface area contributed by atoms with Gasteiger partial charge in [0.1, 0.15) is 5.75 Å². The first-order chi connectivity index (χ1) is 10.6. The smallest absolute Gasteiger partial charge is 0.117 e. The number of fused-ring (bicyclic) bond motifs is 1. The minimum absolute atomic E-state index is 0.245. The van der Waals surface area contributed by atoms with Crippen LogP contribution in [-0.4, -0.2) is 27.0 Å². The topological polar surface area (TPSA) is 49.2 Å². The molecule has 0 fully saturated rings. The second kappa shape index (κ2) is 6.12. The van der Waals surface area contributed by atoms with Crippen LogP contribution in [0.1, 0.15) is 24.1 Å². The zero-order valence-corrected chi connectivity index (χ0v) is 12.8. The van der Waals surface area contributed by atoms with Crippen LogP contribution in [0.5, 0.6) is 5.75 Å². The molecule has 0 saturated heterocycles. The van der Waals surface area contributed by atoms with E-state index in [1.165, 1.54) is 5.56 Å². The highest BCUT2D eigenvalue weighted by atomic mass is 16.3. The maximum atomic E-state index is 9.49. The van der Waals surface area contributed by atoms with Gasteiger partial charge in [0.05, 0.1) is 5.52 Å². The summed E-state index contributed by atoms with van der Waals surface area (Å²) in [6, 6.07) is 11.7. The molecule has 22 heavy (non-hydrogen) atoms. The molecular formula is C18H19N3O. The standard InChI is InChI=1S/C18H19N3O/c1-13(16-4-3-7-19-11-16)21(2)12-14-8-15-5-6-17(22)9-18(15)20-10-14/h3-11,13,22H,12H2,1-2H3/t13-/m0/s1. The molecule has 1 atom stereocenters. The van der Waals surface area contributed by atoms with E-state index in [0.717, 1.165) is 23.0 Å². The van der Waals surface area contributed by atoms with Gasteiger partial charge in [0.15, 0.2) is 0 Å². The third kappa shape index (κ3) is 3.07. The van der Waals surface area contributed by atoms with Crippen molar-refractivity contribution in [1.82, 2.24) is 14.9 Å². The molecule has 0 aliphatic heterocycles. The molecule has 112 valence electrons. The normalized spacial score (nSPS) is 12.7. The number of rotatable bonds is 4. The van der Waals surface area contributed by atoms with Crippen LogP contribution in [0.15, 0.2) is 55.0 Å². The Bertz CT molecular complexity index is 774. The Hall–Kier alpha value is -2.46. The van der Waals surface area contributed by atoms with Crippen LogP contribution in [0, 0.1) is 0 Å². The van der Waals surface area contributed by atoms with Crippen molar-refractivity contribution in [2.24, 2.45) is 0 Å². The quantitative estimate of drug-likeness (QED) is 0.799. The van der Waals surface area contributed by atoms with Gasteiger partial charge in [-0.15, -0.1) is 0 Å². The minimum Gasteiger partial charge on any atom is -0.508 e. The maximum Gasteiger partial charge on any atom is 0.117 e. The molecule has 4 nitrogen and oxygen atoms in total. The molecular weight excluding hydrogens is 274 g/mol. The number of aromatic nitrogens is 2. The Morgan fingerprint density at radius 2 is 2.05 bits per heavy atom. The van der Waals surface area contributed by atoms with Crippen molar-refractivity contribution < 1.29 is 5.11 Å². The molecule has 0 radical (unpaired) electrons. The van der Waals surface area contributed by atoms with Gasteiger partial charge in [-0.3, -0.25) is 14.9 Å². The highest BCUT2D eigenvalue weighted by Gasteiger charge is 2.12. The van der Waals surface area contributed by atoms with E-state index in [2.05, 4.69) is 41.0 Å². The van der Waals surface area contributed by atoms with Gasteiger partial charge in [0.2, 0.25) is 0 Å². The van der Waals surface area contributed by atoms with E-state index >= 15 is 0 Å². The summed E-state index contributed by atoms with van der Waals surface area (Å²) in [5, 5.41) is 10.5. The van der Waals surface area contributed by atoms with Crippen molar-refractivity contribution in [1.29, 1.82) is 0 Å². The monoisotopic (exact) mass is 293 g/mol. The predicted molar refractivity (Wildman–Crippen MR) is 87.5 cm³/mol. The van der Waals surface area contributed by atoms with Crippen molar-refractivity contribution in [3.8, 4) is 5.75 Å². The van der Waals surface area contributed by atoms with Gasteiger partial charge in [-0.25, -0.2) is 0 Å². The number of phenolic OH excluding ortho intramolecular Hbond substituents is 1. The summed E-state index contributed by atoms with van der Waals surface area (Å²) in [6.07, 6.45) is 5.57. The van der Waals surface area contributed by atoms with E-state index in [4.69, 9.17) is 0 Å². The largest absolute Gasteiger partial charge is 0.508 e. The molecule has 1 N–H and O–H groups in total. The van der Waals surface area contributed by atoms with Crippen molar-refractivity contribution in [3.63, 3.8) is 0 Å². The molecule has 1 aromatic carbocycles. The van der Waals surface area contributed by atoms with Crippen LogP contribution in [0.4, 0.5) is 0 Å². The fourth-order valence-electron chi connectivity index (χ4n) is 2.54. The first kappa shape index (κ1) is 14.5. The predicted octanol–water partition coefficient (Wildman–Crippen LogP) is 3.53. The second-order valence-corrected chi connectivity index (χ2v) is 5.60. The lowest BCUT2D eigenvalue weighted by Crippen LogP contribution is -2.22. The summed E-state index contributed by atoms with van der Waals surface area (Å²) < 4.78 is 0. The van der Waals surface area contributed by atoms with Crippen LogP contribution in [0.25, 0.3) is 10.9 Å². The van der Waals surface area contributed by atoms with Crippen LogP contribution in [0.2, 0.25) is 0 Å². The van der Waals surface area contributed by atoms with Gasteiger partial charge in [-0.1, -0.05) is 6.07 Å². The van der Waals surface area contributed by atoms with E-state index in [1.54, 1.807) is 18.3 Å². The van der Waals surface area contributed by atoms with Gasteiger partial charge < -0.3 is 5.11 Å². The molecule has 2 heterocycles. The summed E-state index contributed by atoms with van der Waals surface area (Å²) in [6.45, 7) is 2.98. The number of hydrogen-bond donors (Lipinski definition) is 1. The number of aromatic hydroxyl groups is 1. The fourth-order valence-corrected chi connectivity index (χ4v) is 2.54. The number of nitrogens with zero attached hydrogens (tertiary/aromatic N) is 3. The van der Waals surface area contributed by atoms with Crippen molar-refractivity contribution >= 4 is 10.9 Å².